The molecule has 1 aromatic rings. The molecule has 1 amide bonds. The van der Waals surface area contributed by atoms with Gasteiger partial charge in [0.2, 0.25) is 0 Å². The molecule has 0 saturated carbocycles. The van der Waals surface area contributed by atoms with Crippen molar-refractivity contribution in [2.24, 2.45) is 0 Å². The average molecular weight is 201 g/mol. The first kappa shape index (κ1) is 9.58. The van der Waals surface area contributed by atoms with Crippen molar-refractivity contribution in [3.8, 4) is 0 Å². The zero-order valence-corrected chi connectivity index (χ0v) is 8.18. The van der Waals surface area contributed by atoms with Crippen LogP contribution in [0.5, 0.6) is 0 Å². The number of hydrogen-bond acceptors (Lipinski definition) is 3. The highest BCUT2D eigenvalue weighted by molar-refractivity contribution is 5.93. The molecular formula is C11H11N3O. The van der Waals surface area contributed by atoms with Gasteiger partial charge in [-0.25, -0.2) is 4.98 Å². The van der Waals surface area contributed by atoms with E-state index in [0.29, 0.717) is 5.69 Å². The summed E-state index contributed by atoms with van der Waals surface area (Å²) in [6.45, 7) is 0. The molecule has 0 unspecified atom stereocenters. The van der Waals surface area contributed by atoms with E-state index in [0.717, 1.165) is 18.5 Å². The Morgan fingerprint density at radius 2 is 2.27 bits per heavy atom. The quantitative estimate of drug-likeness (QED) is 0.787. The van der Waals surface area contributed by atoms with E-state index < -0.39 is 0 Å². The predicted molar refractivity (Wildman–Crippen MR) is 56.0 cm³/mol. The fourth-order valence-corrected chi connectivity index (χ4v) is 1.32. The third-order valence-electron chi connectivity index (χ3n) is 2.05. The second kappa shape index (κ2) is 4.50. The Morgan fingerprint density at radius 3 is 2.93 bits per heavy atom. The van der Waals surface area contributed by atoms with Gasteiger partial charge in [-0.2, -0.15) is 0 Å². The van der Waals surface area contributed by atoms with Gasteiger partial charge < -0.3 is 5.32 Å². The summed E-state index contributed by atoms with van der Waals surface area (Å²) in [5.41, 5.74) is 1.16. The minimum absolute atomic E-state index is 0.221. The van der Waals surface area contributed by atoms with Crippen LogP contribution >= 0.6 is 0 Å². The summed E-state index contributed by atoms with van der Waals surface area (Å²) >= 11 is 0. The van der Waals surface area contributed by atoms with Crippen LogP contribution in [0.2, 0.25) is 0 Å². The summed E-state index contributed by atoms with van der Waals surface area (Å²) in [5.74, 6) is -0.221. The van der Waals surface area contributed by atoms with Crippen molar-refractivity contribution in [3.63, 3.8) is 0 Å². The summed E-state index contributed by atoms with van der Waals surface area (Å²) in [6, 6.07) is 0. The van der Waals surface area contributed by atoms with Crippen molar-refractivity contribution in [1.29, 1.82) is 0 Å². The standard InChI is InChI=1S/C11H11N3O/c15-11(10-8-12-6-7-13-10)14-9-4-2-1-3-5-9/h2,4-8H,1,3H2,(H,14,15). The van der Waals surface area contributed by atoms with Crippen LogP contribution in [0.4, 0.5) is 0 Å². The largest absolute Gasteiger partial charge is 0.321 e. The van der Waals surface area contributed by atoms with Crippen molar-refractivity contribution in [2.45, 2.75) is 12.8 Å². The molecule has 0 bridgehead atoms. The van der Waals surface area contributed by atoms with E-state index in [1.165, 1.54) is 18.6 Å². The zero-order chi connectivity index (χ0) is 10.5. The molecule has 0 saturated heterocycles. The second-order valence-electron chi connectivity index (χ2n) is 3.18. The van der Waals surface area contributed by atoms with E-state index in [1.54, 1.807) is 0 Å². The number of rotatable bonds is 2. The third kappa shape index (κ3) is 2.49. The lowest BCUT2D eigenvalue weighted by Crippen LogP contribution is -2.23. The van der Waals surface area contributed by atoms with Crippen LogP contribution < -0.4 is 5.32 Å². The summed E-state index contributed by atoms with van der Waals surface area (Å²) in [4.78, 5) is 19.4. The molecule has 1 aromatic heterocycles. The van der Waals surface area contributed by atoms with E-state index in [9.17, 15) is 4.79 Å². The molecule has 0 aliphatic heterocycles. The summed E-state index contributed by atoms with van der Waals surface area (Å²) in [6.07, 6.45) is 12.4. The van der Waals surface area contributed by atoms with E-state index >= 15 is 0 Å². The number of aromatic nitrogens is 2. The van der Waals surface area contributed by atoms with E-state index in [2.05, 4.69) is 15.3 Å². The van der Waals surface area contributed by atoms with Crippen LogP contribution in [0.25, 0.3) is 0 Å². The smallest absolute Gasteiger partial charge is 0.275 e. The topological polar surface area (TPSA) is 54.9 Å². The fourth-order valence-electron chi connectivity index (χ4n) is 1.32. The third-order valence-corrected chi connectivity index (χ3v) is 2.05. The minimum Gasteiger partial charge on any atom is -0.321 e. The van der Waals surface area contributed by atoms with Crippen LogP contribution in [0.15, 0.2) is 42.5 Å². The highest BCUT2D eigenvalue weighted by Gasteiger charge is 2.07. The van der Waals surface area contributed by atoms with Gasteiger partial charge in [0.05, 0.1) is 6.20 Å². The zero-order valence-electron chi connectivity index (χ0n) is 8.18. The van der Waals surface area contributed by atoms with E-state index in [1.807, 2.05) is 18.2 Å². The predicted octanol–water partition coefficient (Wildman–Crippen LogP) is 1.44. The van der Waals surface area contributed by atoms with Crippen molar-refractivity contribution in [3.05, 3.63) is 48.2 Å². The van der Waals surface area contributed by atoms with Gasteiger partial charge in [0.15, 0.2) is 0 Å². The molecule has 2 rings (SSSR count). The Balaban J connectivity index is 2.04. The summed E-state index contributed by atoms with van der Waals surface area (Å²) in [7, 11) is 0. The van der Waals surface area contributed by atoms with Gasteiger partial charge in [0, 0.05) is 18.1 Å². The number of nitrogens with zero attached hydrogens (tertiary/aromatic N) is 2. The molecule has 1 aliphatic rings. The van der Waals surface area contributed by atoms with Crippen LogP contribution in [-0.4, -0.2) is 15.9 Å². The second-order valence-corrected chi connectivity index (χ2v) is 3.18. The van der Waals surface area contributed by atoms with Gasteiger partial charge >= 0.3 is 0 Å². The van der Waals surface area contributed by atoms with E-state index in [-0.39, 0.29) is 5.91 Å². The maximum atomic E-state index is 11.6. The lowest BCUT2D eigenvalue weighted by atomic mass is 10.1. The lowest BCUT2D eigenvalue weighted by molar-refractivity contribution is 0.0961. The first-order valence-electron chi connectivity index (χ1n) is 4.80. The number of amides is 1. The van der Waals surface area contributed by atoms with Crippen LogP contribution in [0, 0.1) is 0 Å². The normalized spacial score (nSPS) is 14.5. The molecular weight excluding hydrogens is 190 g/mol. The number of carbonyl (C=O) groups is 1. The lowest BCUT2D eigenvalue weighted by Gasteiger charge is -2.07. The van der Waals surface area contributed by atoms with E-state index in [4.69, 9.17) is 0 Å². The summed E-state index contributed by atoms with van der Waals surface area (Å²) < 4.78 is 0. The maximum Gasteiger partial charge on any atom is 0.275 e. The fraction of sp³-hybridized carbons (Fsp3) is 0.182. The van der Waals surface area contributed by atoms with Crippen molar-refractivity contribution in [1.82, 2.24) is 15.3 Å². The molecule has 4 nitrogen and oxygen atoms in total. The molecule has 0 atom stereocenters. The first-order valence-corrected chi connectivity index (χ1v) is 4.80. The number of carbonyl (C=O) groups excluding carboxylic acids is 1. The summed E-state index contributed by atoms with van der Waals surface area (Å²) in [5, 5.41) is 2.77. The average Bonchev–Trinajstić information content (AvgIpc) is 2.31. The Kier molecular flexibility index (Phi) is 2.88. The molecule has 0 fully saturated rings. The Morgan fingerprint density at radius 1 is 1.33 bits per heavy atom. The van der Waals surface area contributed by atoms with Crippen molar-refractivity contribution < 1.29 is 4.79 Å². The molecule has 15 heavy (non-hydrogen) atoms. The highest BCUT2D eigenvalue weighted by Crippen LogP contribution is 2.07. The molecule has 0 radical (unpaired) electrons. The van der Waals surface area contributed by atoms with Gasteiger partial charge in [0.25, 0.3) is 5.91 Å². The SMILES string of the molecule is O=C(NC1=CCCC=C1)c1cnccn1. The van der Waals surface area contributed by atoms with Crippen molar-refractivity contribution >= 4 is 5.91 Å². The van der Waals surface area contributed by atoms with Gasteiger partial charge in [0.1, 0.15) is 5.69 Å². The van der Waals surface area contributed by atoms with Gasteiger partial charge in [-0.05, 0) is 18.9 Å². The molecule has 0 spiro atoms. The van der Waals surface area contributed by atoms with Crippen LogP contribution in [0.3, 0.4) is 0 Å². The molecule has 1 heterocycles. The maximum absolute atomic E-state index is 11.6. The van der Waals surface area contributed by atoms with Gasteiger partial charge in [-0.3, -0.25) is 9.78 Å². The van der Waals surface area contributed by atoms with Crippen molar-refractivity contribution in [2.75, 3.05) is 0 Å². The van der Waals surface area contributed by atoms with Gasteiger partial charge in [-0.1, -0.05) is 12.2 Å². The molecule has 1 aliphatic carbocycles. The molecule has 0 aromatic carbocycles. The Hall–Kier alpha value is -1.97. The highest BCUT2D eigenvalue weighted by atomic mass is 16.1. The molecule has 76 valence electrons. The monoisotopic (exact) mass is 201 g/mol. The van der Waals surface area contributed by atoms with Crippen LogP contribution in [0.1, 0.15) is 23.3 Å². The Labute approximate surface area is 87.8 Å². The number of nitrogens with one attached hydrogen (secondary N) is 1. The van der Waals surface area contributed by atoms with Gasteiger partial charge in [-0.15, -0.1) is 0 Å². The number of allylic oxidation sites excluding steroid dienone is 3. The molecule has 4 heteroatoms. The number of hydrogen-bond donors (Lipinski definition) is 1. The Bertz CT molecular complexity index is 409. The van der Waals surface area contributed by atoms with Crippen LogP contribution in [-0.2, 0) is 0 Å². The first-order chi connectivity index (χ1) is 7.36. The minimum atomic E-state index is -0.221. The molecule has 1 N–H and O–H groups in total.